The van der Waals surface area contributed by atoms with E-state index >= 15 is 0 Å². The number of pyridine rings is 1. The number of aryl methyl sites for hydroxylation is 2. The number of rotatable bonds is 5. The quantitative estimate of drug-likeness (QED) is 0.884. The molecular formula is C17H19N3O2. The summed E-state index contributed by atoms with van der Waals surface area (Å²) < 4.78 is 5.44. The predicted octanol–water partition coefficient (Wildman–Crippen LogP) is 2.44. The van der Waals surface area contributed by atoms with Gasteiger partial charge in [-0.3, -0.25) is 0 Å². The smallest absolute Gasteiger partial charge is 0.164 e. The number of nitrogen functional groups attached to an aromatic ring is 1. The number of aliphatic hydroxyl groups is 1. The minimum Gasteiger partial charge on any atom is -0.491 e. The van der Waals surface area contributed by atoms with Gasteiger partial charge in [-0.2, -0.15) is 5.26 Å². The van der Waals surface area contributed by atoms with Crippen molar-refractivity contribution in [2.24, 2.45) is 0 Å². The minimum absolute atomic E-state index is 0.0217. The van der Waals surface area contributed by atoms with Crippen LogP contribution >= 0.6 is 0 Å². The number of aliphatic hydroxyl groups excluding tert-OH is 1. The first kappa shape index (κ1) is 15.8. The molecule has 114 valence electrons. The summed E-state index contributed by atoms with van der Waals surface area (Å²) in [6, 6.07) is 9.64. The van der Waals surface area contributed by atoms with Gasteiger partial charge in [0.1, 0.15) is 18.4 Å². The van der Waals surface area contributed by atoms with Gasteiger partial charge < -0.3 is 15.6 Å². The van der Waals surface area contributed by atoms with E-state index in [2.05, 4.69) is 4.98 Å². The Bertz CT molecular complexity index is 721. The standard InChI is InChI=1S/C17H19N3O2/c1-3-12-9-14(20-15(10-18)17(12)19)13-4-5-16(11(2)8-13)22-7-6-21/h4-5,8-9,21H,3,6-7,19H2,1-2H3. The fraction of sp³-hybridized carbons (Fsp3) is 0.294. The molecule has 22 heavy (non-hydrogen) atoms. The third-order valence-corrected chi connectivity index (χ3v) is 3.45. The molecule has 0 bridgehead atoms. The summed E-state index contributed by atoms with van der Waals surface area (Å²) in [4.78, 5) is 4.34. The second-order valence-corrected chi connectivity index (χ2v) is 4.95. The van der Waals surface area contributed by atoms with E-state index in [-0.39, 0.29) is 18.9 Å². The summed E-state index contributed by atoms with van der Waals surface area (Å²) in [5.74, 6) is 0.726. The van der Waals surface area contributed by atoms with Crippen LogP contribution in [0.3, 0.4) is 0 Å². The summed E-state index contributed by atoms with van der Waals surface area (Å²) in [5, 5.41) is 18.0. The first-order chi connectivity index (χ1) is 10.6. The SMILES string of the molecule is CCc1cc(-c2ccc(OCCO)c(C)c2)nc(C#N)c1N. The summed E-state index contributed by atoms with van der Waals surface area (Å²) in [6.45, 7) is 4.16. The number of hydrogen-bond donors (Lipinski definition) is 2. The van der Waals surface area contributed by atoms with Gasteiger partial charge in [0.05, 0.1) is 18.0 Å². The van der Waals surface area contributed by atoms with Crippen LogP contribution in [0.25, 0.3) is 11.3 Å². The fourth-order valence-corrected chi connectivity index (χ4v) is 2.26. The molecular weight excluding hydrogens is 278 g/mol. The van der Waals surface area contributed by atoms with Crippen molar-refractivity contribution >= 4 is 5.69 Å². The molecule has 0 spiro atoms. The molecule has 0 saturated carbocycles. The maximum Gasteiger partial charge on any atom is 0.164 e. The van der Waals surface area contributed by atoms with Gasteiger partial charge in [-0.15, -0.1) is 0 Å². The molecule has 5 nitrogen and oxygen atoms in total. The largest absolute Gasteiger partial charge is 0.491 e. The maximum atomic E-state index is 9.17. The molecule has 5 heteroatoms. The van der Waals surface area contributed by atoms with Crippen LogP contribution in [-0.4, -0.2) is 23.3 Å². The first-order valence-corrected chi connectivity index (χ1v) is 7.14. The number of ether oxygens (including phenoxy) is 1. The van der Waals surface area contributed by atoms with E-state index in [9.17, 15) is 0 Å². The van der Waals surface area contributed by atoms with Crippen LogP contribution in [0, 0.1) is 18.3 Å². The van der Waals surface area contributed by atoms with Crippen molar-refractivity contribution in [3.05, 3.63) is 41.1 Å². The zero-order chi connectivity index (χ0) is 16.1. The lowest BCUT2D eigenvalue weighted by atomic mass is 10.0. The van der Waals surface area contributed by atoms with Gasteiger partial charge in [0, 0.05) is 5.56 Å². The number of nitrogens with two attached hydrogens (primary N) is 1. The summed E-state index contributed by atoms with van der Waals surface area (Å²) in [7, 11) is 0. The van der Waals surface area contributed by atoms with Crippen molar-refractivity contribution in [3.8, 4) is 23.1 Å². The van der Waals surface area contributed by atoms with Crippen LogP contribution in [-0.2, 0) is 6.42 Å². The number of aromatic nitrogens is 1. The third kappa shape index (κ3) is 3.18. The van der Waals surface area contributed by atoms with Gasteiger partial charge in [-0.05, 0) is 48.7 Å². The van der Waals surface area contributed by atoms with Crippen LogP contribution < -0.4 is 10.5 Å². The topological polar surface area (TPSA) is 92.2 Å². The maximum absolute atomic E-state index is 9.17. The molecule has 0 saturated heterocycles. The van der Waals surface area contributed by atoms with Crippen molar-refractivity contribution in [3.63, 3.8) is 0 Å². The molecule has 0 aliphatic rings. The lowest BCUT2D eigenvalue weighted by Gasteiger charge is -2.11. The lowest BCUT2D eigenvalue weighted by Crippen LogP contribution is -2.03. The number of hydrogen-bond acceptors (Lipinski definition) is 5. The number of nitriles is 1. The molecule has 0 radical (unpaired) electrons. The summed E-state index contributed by atoms with van der Waals surface area (Å²) in [5.41, 5.74) is 10.1. The highest BCUT2D eigenvalue weighted by Gasteiger charge is 2.11. The van der Waals surface area contributed by atoms with E-state index in [1.807, 2.05) is 44.2 Å². The zero-order valence-electron chi connectivity index (χ0n) is 12.8. The van der Waals surface area contributed by atoms with E-state index in [0.717, 1.165) is 34.6 Å². The predicted molar refractivity (Wildman–Crippen MR) is 85.5 cm³/mol. The van der Waals surface area contributed by atoms with E-state index in [4.69, 9.17) is 20.8 Å². The van der Waals surface area contributed by atoms with E-state index in [0.29, 0.717) is 5.69 Å². The fourth-order valence-electron chi connectivity index (χ4n) is 2.26. The van der Waals surface area contributed by atoms with Gasteiger partial charge in [0.15, 0.2) is 5.69 Å². The van der Waals surface area contributed by atoms with Gasteiger partial charge >= 0.3 is 0 Å². The van der Waals surface area contributed by atoms with E-state index < -0.39 is 0 Å². The van der Waals surface area contributed by atoms with Gasteiger partial charge in [0.2, 0.25) is 0 Å². The average Bonchev–Trinajstić information content (AvgIpc) is 2.54. The van der Waals surface area contributed by atoms with E-state index in [1.54, 1.807) is 0 Å². The molecule has 1 aromatic carbocycles. The molecule has 3 N–H and O–H groups in total. The van der Waals surface area contributed by atoms with Crippen molar-refractivity contribution in [1.82, 2.24) is 4.98 Å². The number of benzene rings is 1. The van der Waals surface area contributed by atoms with Crippen molar-refractivity contribution in [2.45, 2.75) is 20.3 Å². The van der Waals surface area contributed by atoms with Gasteiger partial charge in [-0.1, -0.05) is 6.92 Å². The third-order valence-electron chi connectivity index (χ3n) is 3.45. The normalized spacial score (nSPS) is 10.3. The lowest BCUT2D eigenvalue weighted by molar-refractivity contribution is 0.200. The molecule has 0 atom stereocenters. The minimum atomic E-state index is -0.0217. The molecule has 1 heterocycles. The van der Waals surface area contributed by atoms with Crippen molar-refractivity contribution in [2.75, 3.05) is 18.9 Å². The number of anilines is 1. The molecule has 0 amide bonds. The molecule has 1 aromatic heterocycles. The molecule has 0 unspecified atom stereocenters. The molecule has 2 rings (SSSR count). The Kier molecular flexibility index (Phi) is 4.97. The van der Waals surface area contributed by atoms with Crippen molar-refractivity contribution in [1.29, 1.82) is 5.26 Å². The Labute approximate surface area is 130 Å². The second-order valence-electron chi connectivity index (χ2n) is 4.95. The Morgan fingerprint density at radius 2 is 2.14 bits per heavy atom. The Hall–Kier alpha value is -2.58. The highest BCUT2D eigenvalue weighted by Crippen LogP contribution is 2.28. The summed E-state index contributed by atoms with van der Waals surface area (Å²) in [6.07, 6.45) is 0.743. The Balaban J connectivity index is 2.44. The van der Waals surface area contributed by atoms with Crippen molar-refractivity contribution < 1.29 is 9.84 Å². The van der Waals surface area contributed by atoms with Gasteiger partial charge in [-0.25, -0.2) is 4.98 Å². The molecule has 0 aliphatic carbocycles. The van der Waals surface area contributed by atoms with Crippen LogP contribution in [0.2, 0.25) is 0 Å². The average molecular weight is 297 g/mol. The van der Waals surface area contributed by atoms with Crippen LogP contribution in [0.15, 0.2) is 24.3 Å². The highest BCUT2D eigenvalue weighted by molar-refractivity contribution is 5.68. The number of nitrogens with zero attached hydrogens (tertiary/aromatic N) is 2. The monoisotopic (exact) mass is 297 g/mol. The molecule has 0 aliphatic heterocycles. The van der Waals surface area contributed by atoms with Crippen LogP contribution in [0.5, 0.6) is 5.75 Å². The zero-order valence-corrected chi connectivity index (χ0v) is 12.8. The second kappa shape index (κ2) is 6.92. The van der Waals surface area contributed by atoms with Crippen LogP contribution in [0.4, 0.5) is 5.69 Å². The Morgan fingerprint density at radius 1 is 1.36 bits per heavy atom. The Morgan fingerprint density at radius 3 is 2.73 bits per heavy atom. The van der Waals surface area contributed by atoms with E-state index in [1.165, 1.54) is 0 Å². The molecule has 2 aromatic rings. The van der Waals surface area contributed by atoms with Gasteiger partial charge in [0.25, 0.3) is 0 Å². The summed E-state index contributed by atoms with van der Waals surface area (Å²) >= 11 is 0. The van der Waals surface area contributed by atoms with Crippen LogP contribution in [0.1, 0.15) is 23.7 Å². The highest BCUT2D eigenvalue weighted by atomic mass is 16.5. The molecule has 0 fully saturated rings. The first-order valence-electron chi connectivity index (χ1n) is 7.14.